The number of ether oxygens (including phenoxy) is 5. The fraction of sp³-hybridized carbons (Fsp3) is 0.200. The van der Waals surface area contributed by atoms with Gasteiger partial charge in [0.05, 0.1) is 51.4 Å². The number of fused-ring (bicyclic) bond motifs is 2. The molecular weight excluding hydrogens is 622 g/mol. The average Bonchev–Trinajstić information content (AvgIpc) is 3.12. The average molecular weight is 654 g/mol. The lowest BCUT2D eigenvalue weighted by Gasteiger charge is -2.31. The number of rotatable bonds is 9. The van der Waals surface area contributed by atoms with E-state index in [0.717, 1.165) is 5.56 Å². The lowest BCUT2D eigenvalue weighted by atomic mass is 9.92. The van der Waals surface area contributed by atoms with Crippen molar-refractivity contribution in [1.82, 2.24) is 5.48 Å². The van der Waals surface area contributed by atoms with Crippen molar-refractivity contribution in [3.05, 3.63) is 106 Å². The molecule has 6 rings (SSSR count). The van der Waals surface area contributed by atoms with Crippen LogP contribution >= 0.6 is 0 Å². The second-order valence-electron chi connectivity index (χ2n) is 11.0. The summed E-state index contributed by atoms with van der Waals surface area (Å²) in [5.74, 6) is -0.231. The summed E-state index contributed by atoms with van der Waals surface area (Å²) < 4.78 is 26.8. The van der Waals surface area contributed by atoms with Gasteiger partial charge >= 0.3 is 18.2 Å². The quantitative estimate of drug-likeness (QED) is 0.101. The number of hydrogen-bond donors (Lipinski definition) is 2. The van der Waals surface area contributed by atoms with E-state index in [9.17, 15) is 24.4 Å². The summed E-state index contributed by atoms with van der Waals surface area (Å²) in [6.45, 7) is 0.141. The first-order chi connectivity index (χ1) is 23.2. The van der Waals surface area contributed by atoms with Crippen LogP contribution in [0.3, 0.4) is 0 Å². The molecule has 0 unspecified atom stereocenters. The van der Waals surface area contributed by atoms with E-state index in [1.807, 2.05) is 12.1 Å². The highest BCUT2D eigenvalue weighted by Gasteiger charge is 2.32. The summed E-state index contributed by atoms with van der Waals surface area (Å²) in [5, 5.41) is 9.54. The summed E-state index contributed by atoms with van der Waals surface area (Å²) in [7, 11) is 4.34. The van der Waals surface area contributed by atoms with Crippen molar-refractivity contribution in [2.24, 2.45) is 0 Å². The van der Waals surface area contributed by atoms with Gasteiger partial charge in [0.25, 0.3) is 5.91 Å². The van der Waals surface area contributed by atoms with E-state index in [2.05, 4.69) is 0 Å². The second kappa shape index (κ2) is 13.3. The van der Waals surface area contributed by atoms with Gasteiger partial charge in [0, 0.05) is 22.3 Å². The van der Waals surface area contributed by atoms with Crippen molar-refractivity contribution in [1.29, 1.82) is 0 Å². The predicted octanol–water partition coefficient (Wildman–Crippen LogP) is 5.59. The predicted molar refractivity (Wildman–Crippen MR) is 171 cm³/mol. The Morgan fingerprint density at radius 2 is 1.42 bits per heavy atom. The largest absolute Gasteiger partial charge is 0.497 e. The Kier molecular flexibility index (Phi) is 8.86. The van der Waals surface area contributed by atoms with Crippen molar-refractivity contribution in [2.45, 2.75) is 26.3 Å². The number of methoxy groups -OCH3 is 3. The maximum Gasteiger partial charge on any atom is 0.414 e. The van der Waals surface area contributed by atoms with Gasteiger partial charge < -0.3 is 23.7 Å². The van der Waals surface area contributed by atoms with Crippen molar-refractivity contribution >= 4 is 35.4 Å². The summed E-state index contributed by atoms with van der Waals surface area (Å²) in [5.41, 5.74) is 6.75. The van der Waals surface area contributed by atoms with Crippen molar-refractivity contribution in [3.63, 3.8) is 0 Å². The number of benzene rings is 4. The Morgan fingerprint density at radius 1 is 0.750 bits per heavy atom. The maximum atomic E-state index is 13.1. The van der Waals surface area contributed by atoms with Crippen LogP contribution in [-0.4, -0.2) is 50.6 Å². The van der Waals surface area contributed by atoms with Crippen LogP contribution < -0.4 is 24.8 Å². The Labute approximate surface area is 275 Å². The minimum Gasteiger partial charge on any atom is -0.497 e. The molecule has 0 atom stereocenters. The monoisotopic (exact) mass is 653 g/mol. The lowest BCUT2D eigenvalue weighted by Crippen LogP contribution is -2.36. The zero-order valence-electron chi connectivity index (χ0n) is 26.3. The van der Waals surface area contributed by atoms with Crippen molar-refractivity contribution < 1.29 is 48.1 Å². The number of esters is 1. The highest BCUT2D eigenvalue weighted by Crippen LogP contribution is 2.42. The lowest BCUT2D eigenvalue weighted by molar-refractivity contribution is 0.0600. The van der Waals surface area contributed by atoms with Crippen LogP contribution in [-0.2, 0) is 40.5 Å². The van der Waals surface area contributed by atoms with Gasteiger partial charge in [-0.05, 0) is 65.2 Å². The number of anilines is 2. The van der Waals surface area contributed by atoms with Crippen LogP contribution in [0.5, 0.6) is 11.5 Å². The molecule has 0 radical (unpaired) electrons. The van der Waals surface area contributed by atoms with Gasteiger partial charge in [0.15, 0.2) is 0 Å². The molecule has 246 valence electrons. The first kappa shape index (κ1) is 31.9. The van der Waals surface area contributed by atoms with E-state index >= 15 is 0 Å². The van der Waals surface area contributed by atoms with Crippen LogP contribution in [0.2, 0.25) is 0 Å². The Bertz CT molecular complexity index is 1920. The van der Waals surface area contributed by atoms with Crippen LogP contribution in [0.25, 0.3) is 11.1 Å². The van der Waals surface area contributed by atoms with Crippen molar-refractivity contribution in [2.75, 3.05) is 31.1 Å². The van der Waals surface area contributed by atoms with Gasteiger partial charge in [-0.15, -0.1) is 0 Å². The SMILES string of the molecule is COC(=O)c1ccc2c(c1)N(Cc1ccc(OC)c(-c3cc(C(=O)NO)cc4c3COC(=O)N4Cc3ccc(OC)cc3)c1)C(=O)OC2. The third-order valence-electron chi connectivity index (χ3n) is 8.20. The van der Waals surface area contributed by atoms with Crippen molar-refractivity contribution in [3.8, 4) is 22.6 Å². The number of hydrogen-bond acceptors (Lipinski definition) is 10. The summed E-state index contributed by atoms with van der Waals surface area (Å²) in [6.07, 6.45) is -1.21. The van der Waals surface area contributed by atoms with E-state index in [-0.39, 0.29) is 37.4 Å². The molecule has 3 amide bonds. The standard InChI is InChI=1S/C35H31N3O10/c1-44-25-9-4-20(5-10-25)16-38-30-15-24(32(39)36-43)13-26(28(30)19-48-35(38)42)27-12-21(6-11-31(27)45-2)17-37-29-14-22(33(40)46-3)7-8-23(29)18-47-34(37)41/h4-15,43H,16-19H2,1-3H3,(H,36,39). The first-order valence-electron chi connectivity index (χ1n) is 14.8. The maximum absolute atomic E-state index is 13.1. The highest BCUT2D eigenvalue weighted by atomic mass is 16.6. The molecule has 0 aromatic heterocycles. The Hall–Kier alpha value is -6.08. The van der Waals surface area contributed by atoms with Crippen LogP contribution in [0, 0.1) is 0 Å². The second-order valence-corrected chi connectivity index (χ2v) is 11.0. The Balaban J connectivity index is 1.44. The molecule has 0 saturated heterocycles. The summed E-state index contributed by atoms with van der Waals surface area (Å²) in [6, 6.07) is 20.5. The fourth-order valence-electron chi connectivity index (χ4n) is 5.75. The molecule has 13 heteroatoms. The molecule has 0 fully saturated rings. The van der Waals surface area contributed by atoms with E-state index in [4.69, 9.17) is 23.7 Å². The van der Waals surface area contributed by atoms with Crippen LogP contribution in [0.4, 0.5) is 21.0 Å². The third kappa shape index (κ3) is 6.06. The van der Waals surface area contributed by atoms with E-state index in [1.54, 1.807) is 67.2 Å². The number of nitrogens with zero attached hydrogens (tertiary/aromatic N) is 2. The molecule has 2 aliphatic heterocycles. The number of hydroxylamine groups is 1. The smallest absolute Gasteiger partial charge is 0.414 e. The zero-order valence-corrected chi connectivity index (χ0v) is 26.3. The molecule has 0 saturated carbocycles. The summed E-state index contributed by atoms with van der Waals surface area (Å²) in [4.78, 5) is 54.0. The van der Waals surface area contributed by atoms with Crippen LogP contribution in [0.1, 0.15) is 43.0 Å². The minimum absolute atomic E-state index is 0.0532. The van der Waals surface area contributed by atoms with Gasteiger partial charge in [0.2, 0.25) is 0 Å². The molecule has 48 heavy (non-hydrogen) atoms. The number of carbonyl (C=O) groups is 4. The topological polar surface area (TPSA) is 153 Å². The molecule has 2 aliphatic rings. The van der Waals surface area contributed by atoms with Crippen LogP contribution in [0.15, 0.2) is 72.8 Å². The molecular formula is C35H31N3O10. The van der Waals surface area contributed by atoms with Gasteiger partial charge in [-0.25, -0.2) is 19.9 Å². The van der Waals surface area contributed by atoms with E-state index < -0.39 is 24.1 Å². The molecule has 13 nitrogen and oxygen atoms in total. The number of carbonyl (C=O) groups excluding carboxylic acids is 4. The zero-order chi connectivity index (χ0) is 33.9. The third-order valence-corrected chi connectivity index (χ3v) is 8.20. The number of amides is 3. The van der Waals surface area contributed by atoms with E-state index in [0.29, 0.717) is 50.7 Å². The highest BCUT2D eigenvalue weighted by molar-refractivity contribution is 6.01. The number of cyclic esters (lactones) is 2. The normalized spacial score (nSPS) is 13.5. The van der Waals surface area contributed by atoms with Gasteiger partial charge in [-0.2, -0.15) is 0 Å². The molecule has 4 aromatic rings. The Morgan fingerprint density at radius 3 is 2.10 bits per heavy atom. The van der Waals surface area contributed by atoms with Gasteiger partial charge in [-0.1, -0.05) is 24.3 Å². The minimum atomic E-state index is -0.786. The molecule has 2 heterocycles. The van der Waals surface area contributed by atoms with E-state index in [1.165, 1.54) is 30.1 Å². The molecule has 0 spiro atoms. The fourth-order valence-corrected chi connectivity index (χ4v) is 5.75. The molecule has 2 N–H and O–H groups in total. The molecule has 4 aromatic carbocycles. The summed E-state index contributed by atoms with van der Waals surface area (Å²) >= 11 is 0. The first-order valence-corrected chi connectivity index (χ1v) is 14.8. The van der Waals surface area contributed by atoms with Gasteiger partial charge in [0.1, 0.15) is 24.7 Å². The molecule has 0 bridgehead atoms. The van der Waals surface area contributed by atoms with Gasteiger partial charge in [-0.3, -0.25) is 19.8 Å². The molecule has 0 aliphatic carbocycles. The number of nitrogens with one attached hydrogen (secondary N) is 1.